The summed E-state index contributed by atoms with van der Waals surface area (Å²) in [7, 11) is 2.02. The molecule has 0 bridgehead atoms. The van der Waals surface area contributed by atoms with Gasteiger partial charge in [-0.05, 0) is 33.6 Å². The van der Waals surface area contributed by atoms with Crippen molar-refractivity contribution in [1.82, 2.24) is 19.8 Å². The predicted molar refractivity (Wildman–Crippen MR) is 83.3 cm³/mol. The third-order valence-corrected chi connectivity index (χ3v) is 4.49. The second-order valence-corrected chi connectivity index (χ2v) is 6.19. The second-order valence-electron chi connectivity index (χ2n) is 5.34. The van der Waals surface area contributed by atoms with Crippen LogP contribution in [0.1, 0.15) is 17.4 Å². The molecule has 1 fully saturated rings. The molecular formula is C15H18BrFN4. The van der Waals surface area contributed by atoms with E-state index in [9.17, 15) is 4.39 Å². The first-order valence-corrected chi connectivity index (χ1v) is 7.80. The molecule has 1 aliphatic rings. The van der Waals surface area contributed by atoms with E-state index in [1.165, 1.54) is 6.07 Å². The lowest BCUT2D eigenvalue weighted by Crippen LogP contribution is -2.46. The van der Waals surface area contributed by atoms with Crippen molar-refractivity contribution in [2.75, 3.05) is 19.6 Å². The molecule has 3 rings (SSSR count). The molecule has 2 aromatic rings. The van der Waals surface area contributed by atoms with Gasteiger partial charge in [0.2, 0.25) is 0 Å². The van der Waals surface area contributed by atoms with Gasteiger partial charge in [0.25, 0.3) is 0 Å². The zero-order valence-corrected chi connectivity index (χ0v) is 13.5. The van der Waals surface area contributed by atoms with Crippen molar-refractivity contribution < 1.29 is 4.39 Å². The molecule has 21 heavy (non-hydrogen) atoms. The number of rotatable bonds is 3. The summed E-state index contributed by atoms with van der Waals surface area (Å²) in [6, 6.07) is 5.45. The molecule has 0 saturated carbocycles. The molecular weight excluding hydrogens is 335 g/mol. The van der Waals surface area contributed by atoms with Gasteiger partial charge in [-0.2, -0.15) is 0 Å². The Morgan fingerprint density at radius 2 is 2.33 bits per heavy atom. The van der Waals surface area contributed by atoms with Crippen LogP contribution in [0.2, 0.25) is 0 Å². The molecule has 0 amide bonds. The molecule has 0 aliphatic carbocycles. The maximum atomic E-state index is 13.3. The minimum Gasteiger partial charge on any atom is -0.337 e. The SMILES string of the molecule is Cn1ccnc1C1CNCCN1Cc1ccc(F)c(Br)c1. The zero-order valence-electron chi connectivity index (χ0n) is 11.9. The summed E-state index contributed by atoms with van der Waals surface area (Å²) in [6.45, 7) is 3.58. The molecule has 1 aromatic heterocycles. The quantitative estimate of drug-likeness (QED) is 0.920. The van der Waals surface area contributed by atoms with Crippen molar-refractivity contribution in [2.45, 2.75) is 12.6 Å². The van der Waals surface area contributed by atoms with Gasteiger partial charge in [0, 0.05) is 45.6 Å². The molecule has 1 unspecified atom stereocenters. The Hall–Kier alpha value is -1.24. The Morgan fingerprint density at radius 1 is 1.48 bits per heavy atom. The molecule has 1 saturated heterocycles. The smallest absolute Gasteiger partial charge is 0.137 e. The van der Waals surface area contributed by atoms with Gasteiger partial charge in [0.1, 0.15) is 11.6 Å². The third kappa shape index (κ3) is 3.17. The molecule has 1 atom stereocenters. The third-order valence-electron chi connectivity index (χ3n) is 3.88. The number of hydrogen-bond acceptors (Lipinski definition) is 3. The highest BCUT2D eigenvalue weighted by Crippen LogP contribution is 2.24. The summed E-state index contributed by atoms with van der Waals surface area (Å²) >= 11 is 3.25. The lowest BCUT2D eigenvalue weighted by molar-refractivity contribution is 0.144. The molecule has 0 radical (unpaired) electrons. The number of halogens is 2. The van der Waals surface area contributed by atoms with Gasteiger partial charge in [-0.3, -0.25) is 4.90 Å². The number of aromatic nitrogens is 2. The highest BCUT2D eigenvalue weighted by Gasteiger charge is 2.26. The molecule has 1 aliphatic heterocycles. The summed E-state index contributed by atoms with van der Waals surface area (Å²) in [5.41, 5.74) is 1.10. The van der Waals surface area contributed by atoms with Gasteiger partial charge in [-0.1, -0.05) is 6.07 Å². The van der Waals surface area contributed by atoms with Crippen LogP contribution in [0.4, 0.5) is 4.39 Å². The van der Waals surface area contributed by atoms with Crippen LogP contribution in [-0.2, 0) is 13.6 Å². The van der Waals surface area contributed by atoms with Crippen molar-refractivity contribution in [3.8, 4) is 0 Å². The number of imidazole rings is 1. The van der Waals surface area contributed by atoms with Crippen LogP contribution < -0.4 is 5.32 Å². The lowest BCUT2D eigenvalue weighted by atomic mass is 10.1. The first-order chi connectivity index (χ1) is 10.1. The van der Waals surface area contributed by atoms with E-state index in [0.29, 0.717) is 4.47 Å². The Labute approximate surface area is 132 Å². The van der Waals surface area contributed by atoms with Crippen LogP contribution in [0.5, 0.6) is 0 Å². The molecule has 1 N–H and O–H groups in total. The largest absolute Gasteiger partial charge is 0.337 e. The summed E-state index contributed by atoms with van der Waals surface area (Å²) in [6.07, 6.45) is 3.80. The van der Waals surface area contributed by atoms with Crippen LogP contribution in [0.15, 0.2) is 35.1 Å². The van der Waals surface area contributed by atoms with E-state index >= 15 is 0 Å². The lowest BCUT2D eigenvalue weighted by Gasteiger charge is -2.35. The van der Waals surface area contributed by atoms with Crippen LogP contribution in [-0.4, -0.2) is 34.1 Å². The van der Waals surface area contributed by atoms with Crippen molar-refractivity contribution in [2.24, 2.45) is 7.05 Å². The number of hydrogen-bond donors (Lipinski definition) is 1. The minimum absolute atomic E-state index is 0.222. The number of aryl methyl sites for hydroxylation is 1. The Bertz CT molecular complexity index is 628. The van der Waals surface area contributed by atoms with Gasteiger partial charge >= 0.3 is 0 Å². The van der Waals surface area contributed by atoms with Gasteiger partial charge < -0.3 is 9.88 Å². The topological polar surface area (TPSA) is 33.1 Å². The van der Waals surface area contributed by atoms with Gasteiger partial charge in [0.15, 0.2) is 0 Å². The number of piperazine rings is 1. The molecule has 0 spiro atoms. The minimum atomic E-state index is -0.222. The van der Waals surface area contributed by atoms with E-state index in [0.717, 1.165) is 37.6 Å². The van der Waals surface area contributed by atoms with Crippen LogP contribution in [0.3, 0.4) is 0 Å². The standard InChI is InChI=1S/C15H18BrFN4/c1-20-6-5-19-15(20)14-9-18-4-7-21(14)10-11-2-3-13(17)12(16)8-11/h2-3,5-6,8,14,18H,4,7,9-10H2,1H3. The van der Waals surface area contributed by atoms with E-state index in [-0.39, 0.29) is 11.9 Å². The molecule has 6 heteroatoms. The van der Waals surface area contributed by atoms with Gasteiger partial charge in [-0.25, -0.2) is 9.37 Å². The van der Waals surface area contributed by atoms with E-state index in [2.05, 4.69) is 35.7 Å². The maximum Gasteiger partial charge on any atom is 0.137 e. The van der Waals surface area contributed by atoms with Crippen molar-refractivity contribution in [1.29, 1.82) is 0 Å². The van der Waals surface area contributed by atoms with Crippen LogP contribution in [0, 0.1) is 5.82 Å². The summed E-state index contributed by atoms with van der Waals surface area (Å²) in [4.78, 5) is 6.86. The number of benzene rings is 1. The van der Waals surface area contributed by atoms with Crippen LogP contribution >= 0.6 is 15.9 Å². The fourth-order valence-electron chi connectivity index (χ4n) is 2.76. The fraction of sp³-hybridized carbons (Fsp3) is 0.400. The maximum absolute atomic E-state index is 13.3. The van der Waals surface area contributed by atoms with Crippen molar-refractivity contribution >= 4 is 15.9 Å². The highest BCUT2D eigenvalue weighted by atomic mass is 79.9. The van der Waals surface area contributed by atoms with Gasteiger partial charge in [-0.15, -0.1) is 0 Å². The molecule has 1 aromatic carbocycles. The first-order valence-electron chi connectivity index (χ1n) is 7.01. The fourth-order valence-corrected chi connectivity index (χ4v) is 3.19. The van der Waals surface area contributed by atoms with E-state index in [1.54, 1.807) is 0 Å². The summed E-state index contributed by atoms with van der Waals surface area (Å²) in [5.74, 6) is 0.836. The zero-order chi connectivity index (χ0) is 14.8. The normalized spacial score (nSPS) is 19.9. The molecule has 4 nitrogen and oxygen atoms in total. The highest BCUT2D eigenvalue weighted by molar-refractivity contribution is 9.10. The van der Waals surface area contributed by atoms with E-state index in [1.807, 2.05) is 31.6 Å². The van der Waals surface area contributed by atoms with Crippen molar-refractivity contribution in [3.05, 3.63) is 52.3 Å². The number of nitrogens with zero attached hydrogens (tertiary/aromatic N) is 3. The first kappa shape index (κ1) is 14.7. The Morgan fingerprint density at radius 3 is 3.05 bits per heavy atom. The molecule has 2 heterocycles. The Balaban J connectivity index is 1.81. The van der Waals surface area contributed by atoms with Gasteiger partial charge in [0.05, 0.1) is 10.5 Å². The van der Waals surface area contributed by atoms with Crippen LogP contribution in [0.25, 0.3) is 0 Å². The number of nitrogens with one attached hydrogen (secondary N) is 1. The van der Waals surface area contributed by atoms with E-state index in [4.69, 9.17) is 0 Å². The summed E-state index contributed by atoms with van der Waals surface area (Å²) in [5, 5.41) is 3.42. The Kier molecular flexibility index (Phi) is 4.37. The van der Waals surface area contributed by atoms with E-state index < -0.39 is 0 Å². The average Bonchev–Trinajstić information content (AvgIpc) is 2.90. The average molecular weight is 353 g/mol. The predicted octanol–water partition coefficient (Wildman–Crippen LogP) is 2.47. The van der Waals surface area contributed by atoms with Crippen molar-refractivity contribution in [3.63, 3.8) is 0 Å². The monoisotopic (exact) mass is 352 g/mol. The molecule has 112 valence electrons. The second kappa shape index (κ2) is 6.25. The summed E-state index contributed by atoms with van der Waals surface area (Å²) < 4.78 is 15.9.